The average molecular weight is 360 g/mol. The van der Waals surface area contributed by atoms with Crippen molar-refractivity contribution in [2.24, 2.45) is 5.92 Å². The molecule has 1 aliphatic carbocycles. The predicted molar refractivity (Wildman–Crippen MR) is 99.3 cm³/mol. The summed E-state index contributed by atoms with van der Waals surface area (Å²) >= 11 is 0. The molecular weight excluding hydrogens is 331 g/mol. The monoisotopic (exact) mass is 360 g/mol. The quantitative estimate of drug-likeness (QED) is 0.888. The molecule has 142 valence electrons. The van der Waals surface area contributed by atoms with Gasteiger partial charge in [0.1, 0.15) is 5.82 Å². The topological polar surface area (TPSA) is 49.4 Å². The lowest BCUT2D eigenvalue weighted by molar-refractivity contribution is -0.127. The zero-order valence-electron chi connectivity index (χ0n) is 15.4. The number of halogens is 1. The third-order valence-electron chi connectivity index (χ3n) is 5.71. The maximum atomic E-state index is 13.8. The van der Waals surface area contributed by atoms with Crippen LogP contribution in [0.5, 0.6) is 0 Å². The molecule has 0 aromatic heterocycles. The van der Waals surface area contributed by atoms with Gasteiger partial charge in [-0.3, -0.25) is 9.59 Å². The number of likely N-dealkylation sites (tertiary alicyclic amines) is 1. The Bertz CT molecular complexity index is 618. The van der Waals surface area contributed by atoms with E-state index in [2.05, 4.69) is 5.32 Å². The van der Waals surface area contributed by atoms with E-state index in [1.165, 1.54) is 44.2 Å². The highest BCUT2D eigenvalue weighted by Gasteiger charge is 2.29. The van der Waals surface area contributed by atoms with Crippen LogP contribution in [0.3, 0.4) is 0 Å². The molecule has 1 aromatic carbocycles. The van der Waals surface area contributed by atoms with Crippen LogP contribution in [0.25, 0.3) is 0 Å². The first kappa shape index (κ1) is 18.9. The van der Waals surface area contributed by atoms with Crippen LogP contribution in [0.1, 0.15) is 68.1 Å². The molecule has 26 heavy (non-hydrogen) atoms. The van der Waals surface area contributed by atoms with Crippen LogP contribution in [0.15, 0.2) is 24.3 Å². The van der Waals surface area contributed by atoms with Gasteiger partial charge in [0, 0.05) is 25.0 Å². The second-order valence-electron chi connectivity index (χ2n) is 7.60. The number of carbonyl (C=O) groups excluding carboxylic acids is 2. The summed E-state index contributed by atoms with van der Waals surface area (Å²) in [5.41, 5.74) is 0.116. The fourth-order valence-electron chi connectivity index (χ4n) is 4.07. The minimum Gasteiger partial charge on any atom is -0.353 e. The van der Waals surface area contributed by atoms with Gasteiger partial charge >= 0.3 is 0 Å². The molecule has 1 heterocycles. The van der Waals surface area contributed by atoms with E-state index < -0.39 is 5.82 Å². The molecule has 2 aliphatic rings. The van der Waals surface area contributed by atoms with E-state index in [0.717, 1.165) is 12.8 Å². The molecule has 1 saturated heterocycles. The van der Waals surface area contributed by atoms with Gasteiger partial charge in [0.25, 0.3) is 5.91 Å². The zero-order valence-corrected chi connectivity index (χ0v) is 15.4. The Balaban J connectivity index is 1.49. The summed E-state index contributed by atoms with van der Waals surface area (Å²) in [5.74, 6) is -0.665. The van der Waals surface area contributed by atoms with E-state index in [4.69, 9.17) is 0 Å². The normalized spacial score (nSPS) is 20.3. The third kappa shape index (κ3) is 4.83. The molecule has 1 aromatic rings. The van der Waals surface area contributed by atoms with E-state index >= 15 is 0 Å². The van der Waals surface area contributed by atoms with Gasteiger partial charge in [0.2, 0.25) is 5.91 Å². The molecule has 0 bridgehead atoms. The first-order chi connectivity index (χ1) is 12.6. The van der Waals surface area contributed by atoms with Gasteiger partial charge in [0.15, 0.2) is 0 Å². The number of hydrogen-bond acceptors (Lipinski definition) is 2. The lowest BCUT2D eigenvalue weighted by atomic mass is 9.93. The third-order valence-corrected chi connectivity index (χ3v) is 5.71. The fraction of sp³-hybridized carbons (Fsp3) is 0.619. The lowest BCUT2D eigenvalue weighted by Gasteiger charge is -2.32. The SMILES string of the molecule is O=C(NC1CCCCCCC1)C1CCN(C(=O)c2ccccc2F)CC1. The maximum absolute atomic E-state index is 13.8. The first-order valence-electron chi connectivity index (χ1n) is 9.99. The molecule has 2 amide bonds. The average Bonchev–Trinajstić information content (AvgIpc) is 2.64. The number of piperidine rings is 1. The molecule has 4 nitrogen and oxygen atoms in total. The molecule has 2 fully saturated rings. The van der Waals surface area contributed by atoms with Crippen LogP contribution < -0.4 is 5.32 Å². The van der Waals surface area contributed by atoms with E-state index in [1.54, 1.807) is 17.0 Å². The van der Waals surface area contributed by atoms with Crippen LogP contribution in [0.4, 0.5) is 4.39 Å². The van der Waals surface area contributed by atoms with Gasteiger partial charge in [-0.15, -0.1) is 0 Å². The number of amides is 2. The number of carbonyl (C=O) groups is 2. The highest BCUT2D eigenvalue weighted by atomic mass is 19.1. The van der Waals surface area contributed by atoms with Crippen LogP contribution in [0, 0.1) is 11.7 Å². The molecule has 1 saturated carbocycles. The molecule has 1 aliphatic heterocycles. The van der Waals surface area contributed by atoms with E-state index in [9.17, 15) is 14.0 Å². The van der Waals surface area contributed by atoms with Crippen molar-refractivity contribution in [2.75, 3.05) is 13.1 Å². The summed E-state index contributed by atoms with van der Waals surface area (Å²) < 4.78 is 13.8. The minimum atomic E-state index is -0.485. The summed E-state index contributed by atoms with van der Waals surface area (Å²) in [6.45, 7) is 1.02. The summed E-state index contributed by atoms with van der Waals surface area (Å²) in [6.07, 6.45) is 9.70. The summed E-state index contributed by atoms with van der Waals surface area (Å²) in [7, 11) is 0. The molecule has 0 radical (unpaired) electrons. The van der Waals surface area contributed by atoms with Gasteiger partial charge in [-0.1, -0.05) is 44.2 Å². The summed E-state index contributed by atoms with van der Waals surface area (Å²) in [5, 5.41) is 3.24. The van der Waals surface area contributed by atoms with Crippen molar-refractivity contribution < 1.29 is 14.0 Å². The van der Waals surface area contributed by atoms with E-state index in [1.807, 2.05) is 0 Å². The first-order valence-corrected chi connectivity index (χ1v) is 9.99. The van der Waals surface area contributed by atoms with Crippen LogP contribution >= 0.6 is 0 Å². The number of benzene rings is 1. The largest absolute Gasteiger partial charge is 0.353 e. The second kappa shape index (κ2) is 9.15. The molecule has 3 rings (SSSR count). The minimum absolute atomic E-state index is 0.0369. The van der Waals surface area contributed by atoms with Crippen molar-refractivity contribution in [3.8, 4) is 0 Å². The highest BCUT2D eigenvalue weighted by molar-refractivity contribution is 5.94. The molecule has 0 atom stereocenters. The Morgan fingerprint density at radius 2 is 1.54 bits per heavy atom. The molecule has 5 heteroatoms. The Morgan fingerprint density at radius 3 is 2.19 bits per heavy atom. The standard InChI is InChI=1S/C21H29FN2O2/c22-19-11-7-6-10-18(19)21(26)24-14-12-16(13-15-24)20(25)23-17-8-4-2-1-3-5-9-17/h6-7,10-11,16-17H,1-5,8-9,12-15H2,(H,23,25). The smallest absolute Gasteiger partial charge is 0.256 e. The Kier molecular flexibility index (Phi) is 6.64. The van der Waals surface area contributed by atoms with Crippen molar-refractivity contribution in [3.05, 3.63) is 35.6 Å². The maximum Gasteiger partial charge on any atom is 0.256 e. The van der Waals surface area contributed by atoms with Crippen LogP contribution in [-0.4, -0.2) is 35.8 Å². The van der Waals surface area contributed by atoms with Gasteiger partial charge in [-0.2, -0.15) is 0 Å². The molecule has 0 unspecified atom stereocenters. The van der Waals surface area contributed by atoms with Gasteiger partial charge in [0.05, 0.1) is 5.56 Å². The highest BCUT2D eigenvalue weighted by Crippen LogP contribution is 2.22. The van der Waals surface area contributed by atoms with Gasteiger partial charge in [-0.25, -0.2) is 4.39 Å². The number of hydrogen-bond donors (Lipinski definition) is 1. The summed E-state index contributed by atoms with van der Waals surface area (Å²) in [4.78, 5) is 26.7. The van der Waals surface area contributed by atoms with Crippen LogP contribution in [0.2, 0.25) is 0 Å². The molecule has 0 spiro atoms. The van der Waals surface area contributed by atoms with Crippen LogP contribution in [-0.2, 0) is 4.79 Å². The predicted octanol–water partition coefficient (Wildman–Crippen LogP) is 3.91. The second-order valence-corrected chi connectivity index (χ2v) is 7.60. The molecule has 1 N–H and O–H groups in total. The van der Waals surface area contributed by atoms with Crippen molar-refractivity contribution >= 4 is 11.8 Å². The van der Waals surface area contributed by atoms with E-state index in [-0.39, 0.29) is 23.3 Å². The lowest BCUT2D eigenvalue weighted by Crippen LogP contribution is -2.45. The Labute approximate surface area is 155 Å². The van der Waals surface area contributed by atoms with E-state index in [0.29, 0.717) is 32.0 Å². The summed E-state index contributed by atoms with van der Waals surface area (Å²) in [6, 6.07) is 6.39. The fourth-order valence-corrected chi connectivity index (χ4v) is 4.07. The Morgan fingerprint density at radius 1 is 0.923 bits per heavy atom. The van der Waals surface area contributed by atoms with Crippen molar-refractivity contribution in [1.29, 1.82) is 0 Å². The molecular formula is C21H29FN2O2. The van der Waals surface area contributed by atoms with Crippen molar-refractivity contribution in [2.45, 2.75) is 63.8 Å². The van der Waals surface area contributed by atoms with Gasteiger partial charge < -0.3 is 10.2 Å². The van der Waals surface area contributed by atoms with Crippen molar-refractivity contribution in [1.82, 2.24) is 10.2 Å². The number of nitrogens with one attached hydrogen (secondary N) is 1. The number of nitrogens with zero attached hydrogens (tertiary/aromatic N) is 1. The zero-order chi connectivity index (χ0) is 18.4. The van der Waals surface area contributed by atoms with Gasteiger partial charge in [-0.05, 0) is 37.8 Å². The number of rotatable bonds is 3. The Hall–Kier alpha value is -1.91. The van der Waals surface area contributed by atoms with Crippen molar-refractivity contribution in [3.63, 3.8) is 0 Å².